The van der Waals surface area contributed by atoms with Gasteiger partial charge in [-0.1, -0.05) is 30.3 Å². The molecule has 0 spiro atoms. The first-order valence-corrected chi connectivity index (χ1v) is 7.94. The summed E-state index contributed by atoms with van der Waals surface area (Å²) < 4.78 is 5.20. The molecule has 7 heteroatoms. The van der Waals surface area contributed by atoms with Crippen LogP contribution in [0, 0.1) is 12.8 Å². The maximum atomic E-state index is 12.8. The molecule has 0 aromatic heterocycles. The largest absolute Gasteiger partial charge is 0.494 e. The van der Waals surface area contributed by atoms with E-state index in [1.165, 1.54) is 13.3 Å². The Morgan fingerprint density at radius 1 is 1.08 bits per heavy atom. The summed E-state index contributed by atoms with van der Waals surface area (Å²) in [4.78, 5) is 42.3. The van der Waals surface area contributed by atoms with Crippen LogP contribution in [0.25, 0.3) is 0 Å². The van der Waals surface area contributed by atoms with E-state index >= 15 is 0 Å². The third-order valence-corrected chi connectivity index (χ3v) is 4.01. The van der Waals surface area contributed by atoms with E-state index in [0.717, 1.165) is 10.5 Å². The van der Waals surface area contributed by atoms with E-state index in [2.05, 4.69) is 10.3 Å². The molecule has 0 radical (unpaired) electrons. The van der Waals surface area contributed by atoms with Gasteiger partial charge in [0.1, 0.15) is 11.4 Å². The number of urea groups is 1. The molecule has 1 atom stereocenters. The molecule has 1 aliphatic heterocycles. The van der Waals surface area contributed by atoms with Crippen LogP contribution < -0.4 is 15.0 Å². The van der Waals surface area contributed by atoms with Crippen LogP contribution in [0.4, 0.5) is 16.2 Å². The Morgan fingerprint density at radius 3 is 2.50 bits per heavy atom. The van der Waals surface area contributed by atoms with Crippen molar-refractivity contribution >= 4 is 35.4 Å². The highest BCUT2D eigenvalue weighted by molar-refractivity contribution is 6.32. The summed E-state index contributed by atoms with van der Waals surface area (Å²) in [6.45, 7) is 1.78. The number of benzene rings is 2. The molecule has 0 unspecified atom stereocenters. The van der Waals surface area contributed by atoms with E-state index in [4.69, 9.17) is 4.74 Å². The maximum absolute atomic E-state index is 12.8. The molecule has 0 saturated carbocycles. The predicted octanol–water partition coefficient (Wildman–Crippen LogP) is 2.61. The molecule has 2 aromatic carbocycles. The number of carbonyl (C=O) groups excluding carboxylic acids is 3. The highest BCUT2D eigenvalue weighted by atomic mass is 16.5. The number of anilines is 1. The quantitative estimate of drug-likeness (QED) is 0.677. The predicted molar refractivity (Wildman–Crippen MR) is 96.8 cm³/mol. The minimum atomic E-state index is -1.21. The van der Waals surface area contributed by atoms with Crippen molar-refractivity contribution < 1.29 is 19.1 Å². The number of nitrogens with one attached hydrogen (secondary N) is 1. The molecular weight excluding hydrogens is 334 g/mol. The van der Waals surface area contributed by atoms with Crippen molar-refractivity contribution in [2.24, 2.45) is 10.9 Å². The van der Waals surface area contributed by atoms with Gasteiger partial charge in [0.05, 0.1) is 12.8 Å². The van der Waals surface area contributed by atoms with Crippen molar-refractivity contribution in [3.8, 4) is 5.75 Å². The summed E-state index contributed by atoms with van der Waals surface area (Å²) >= 11 is 0. The van der Waals surface area contributed by atoms with E-state index in [0.29, 0.717) is 17.1 Å². The second-order valence-electron chi connectivity index (χ2n) is 5.68. The van der Waals surface area contributed by atoms with Crippen LogP contribution in [0.15, 0.2) is 53.5 Å². The number of carbonyl (C=O) groups is 3. The van der Waals surface area contributed by atoms with Crippen molar-refractivity contribution in [3.63, 3.8) is 0 Å². The monoisotopic (exact) mass is 351 g/mol. The van der Waals surface area contributed by atoms with Gasteiger partial charge in [-0.05, 0) is 30.7 Å². The second-order valence-corrected chi connectivity index (χ2v) is 5.68. The molecule has 7 nitrogen and oxygen atoms in total. The van der Waals surface area contributed by atoms with Crippen molar-refractivity contribution in [2.75, 3.05) is 12.0 Å². The Bertz CT molecular complexity index is 907. The van der Waals surface area contributed by atoms with E-state index in [1.807, 2.05) is 0 Å². The average molecular weight is 351 g/mol. The molecule has 132 valence electrons. The number of imide groups is 2. The number of rotatable bonds is 4. The molecule has 1 fully saturated rings. The molecule has 4 amide bonds. The maximum Gasteiger partial charge on any atom is 0.335 e. The van der Waals surface area contributed by atoms with Crippen LogP contribution in [-0.2, 0) is 9.59 Å². The van der Waals surface area contributed by atoms with Gasteiger partial charge < -0.3 is 4.74 Å². The number of amides is 4. The lowest BCUT2D eigenvalue weighted by Gasteiger charge is -2.29. The van der Waals surface area contributed by atoms with Gasteiger partial charge in [-0.15, -0.1) is 0 Å². The third-order valence-electron chi connectivity index (χ3n) is 4.01. The molecule has 26 heavy (non-hydrogen) atoms. The normalized spacial score (nSPS) is 17.5. The van der Waals surface area contributed by atoms with E-state index in [1.54, 1.807) is 55.5 Å². The zero-order valence-corrected chi connectivity index (χ0v) is 14.3. The van der Waals surface area contributed by atoms with Gasteiger partial charge >= 0.3 is 6.03 Å². The Morgan fingerprint density at radius 2 is 1.77 bits per heavy atom. The molecule has 2 aromatic rings. The molecule has 0 aliphatic carbocycles. The molecule has 3 rings (SSSR count). The topological polar surface area (TPSA) is 88.1 Å². The van der Waals surface area contributed by atoms with Crippen molar-refractivity contribution in [3.05, 3.63) is 54.1 Å². The van der Waals surface area contributed by atoms with Crippen molar-refractivity contribution in [2.45, 2.75) is 6.92 Å². The fraction of sp³-hybridized carbons (Fsp3) is 0.158. The zero-order valence-electron chi connectivity index (χ0n) is 14.3. The van der Waals surface area contributed by atoms with Crippen molar-refractivity contribution in [1.82, 2.24) is 5.32 Å². The summed E-state index contributed by atoms with van der Waals surface area (Å²) in [5.74, 6) is -2.05. The number of hydrogen-bond acceptors (Lipinski definition) is 5. The minimum absolute atomic E-state index is 0.429. The average Bonchev–Trinajstić information content (AvgIpc) is 2.63. The number of para-hydroxylation sites is 3. The third kappa shape index (κ3) is 3.19. The number of nitrogens with zero attached hydrogens (tertiary/aromatic N) is 2. The van der Waals surface area contributed by atoms with Gasteiger partial charge in [0.15, 0.2) is 5.92 Å². The fourth-order valence-corrected chi connectivity index (χ4v) is 2.66. The lowest BCUT2D eigenvalue weighted by Crippen LogP contribution is -2.58. The molecule has 0 bridgehead atoms. The number of aliphatic imine (C=N–C) groups is 1. The van der Waals surface area contributed by atoms with Crippen LogP contribution in [0.1, 0.15) is 5.56 Å². The zero-order chi connectivity index (χ0) is 18.7. The lowest BCUT2D eigenvalue weighted by atomic mass is 10.0. The number of methoxy groups -OCH3 is 1. The summed E-state index contributed by atoms with van der Waals surface area (Å²) in [5.41, 5.74) is 1.65. The highest BCUT2D eigenvalue weighted by Gasteiger charge is 2.40. The smallest absolute Gasteiger partial charge is 0.335 e. The Balaban J connectivity index is 1.93. The number of barbiturate groups is 1. The summed E-state index contributed by atoms with van der Waals surface area (Å²) in [6, 6.07) is 13.2. The molecular formula is C19H17N3O4. The highest BCUT2D eigenvalue weighted by Crippen LogP contribution is 2.27. The second kappa shape index (κ2) is 7.18. The summed E-state index contributed by atoms with van der Waals surface area (Å²) in [7, 11) is 1.51. The van der Waals surface area contributed by atoms with Crippen LogP contribution in [0.3, 0.4) is 0 Å². The Kier molecular flexibility index (Phi) is 4.79. The van der Waals surface area contributed by atoms with Crippen LogP contribution >= 0.6 is 0 Å². The van der Waals surface area contributed by atoms with Gasteiger partial charge in [0.25, 0.3) is 5.91 Å². The first-order chi connectivity index (χ1) is 12.5. The van der Waals surface area contributed by atoms with E-state index in [-0.39, 0.29) is 0 Å². The van der Waals surface area contributed by atoms with E-state index in [9.17, 15) is 14.4 Å². The van der Waals surface area contributed by atoms with E-state index < -0.39 is 23.8 Å². The molecule has 1 aliphatic rings. The minimum Gasteiger partial charge on any atom is -0.494 e. The SMILES string of the molecule is COc1ccccc1N=C[C@H]1C(=O)NC(=O)N(c2ccccc2C)C1=O. The van der Waals surface area contributed by atoms with Crippen LogP contribution in [0.2, 0.25) is 0 Å². The van der Waals surface area contributed by atoms with Gasteiger partial charge in [-0.25, -0.2) is 9.69 Å². The van der Waals surface area contributed by atoms with Gasteiger partial charge in [-0.2, -0.15) is 0 Å². The molecule has 1 N–H and O–H groups in total. The van der Waals surface area contributed by atoms with Gasteiger partial charge in [0, 0.05) is 6.21 Å². The van der Waals surface area contributed by atoms with Crippen LogP contribution in [0.5, 0.6) is 5.75 Å². The number of aryl methyl sites for hydroxylation is 1. The summed E-state index contributed by atoms with van der Waals surface area (Å²) in [6.07, 6.45) is 1.23. The standard InChI is InChI=1S/C19H17N3O4/c1-12-7-3-5-9-15(12)22-18(24)13(17(23)21-19(22)25)11-20-14-8-4-6-10-16(14)26-2/h3-11,13H,1-2H3,(H,21,23,25)/t13-/m0/s1. The molecule has 1 saturated heterocycles. The van der Waals surface area contributed by atoms with Gasteiger partial charge in [-0.3, -0.25) is 19.9 Å². The fourth-order valence-electron chi connectivity index (χ4n) is 2.66. The summed E-state index contributed by atoms with van der Waals surface area (Å²) in [5, 5.41) is 2.21. The Hall–Kier alpha value is -3.48. The van der Waals surface area contributed by atoms with Gasteiger partial charge in [0.2, 0.25) is 5.91 Å². The number of ether oxygens (including phenoxy) is 1. The molecule has 1 heterocycles. The lowest BCUT2D eigenvalue weighted by molar-refractivity contribution is -0.131. The first-order valence-electron chi connectivity index (χ1n) is 7.94. The first kappa shape index (κ1) is 17.3. The number of hydrogen-bond donors (Lipinski definition) is 1. The van der Waals surface area contributed by atoms with Crippen molar-refractivity contribution in [1.29, 1.82) is 0 Å². The van der Waals surface area contributed by atoms with Crippen LogP contribution in [-0.4, -0.2) is 31.2 Å². The Labute approximate surface area is 150 Å².